The molecule has 6 nitrogen and oxygen atoms in total. The number of hydrogen-bond acceptors (Lipinski definition) is 5. The van der Waals surface area contributed by atoms with Gasteiger partial charge in [-0.15, -0.1) is 5.10 Å². The molecule has 1 aromatic carbocycles. The standard InChI is InChI=1S/C19H29FN6/c1-4-24-9-11-25(12-10-24)18(13-15(2)3)19-21-22-23-26(19)14-16-5-7-17(20)8-6-16/h5-8,15,18H,4,9-14H2,1-3H3. The van der Waals surface area contributed by atoms with Crippen LogP contribution in [0.1, 0.15) is 44.6 Å². The van der Waals surface area contributed by atoms with Gasteiger partial charge in [0.1, 0.15) is 5.82 Å². The molecule has 142 valence electrons. The van der Waals surface area contributed by atoms with Crippen molar-refractivity contribution in [3.05, 3.63) is 41.5 Å². The molecular weight excluding hydrogens is 331 g/mol. The number of aromatic nitrogens is 4. The van der Waals surface area contributed by atoms with Gasteiger partial charge in [-0.2, -0.15) is 0 Å². The Labute approximate surface area is 155 Å². The summed E-state index contributed by atoms with van der Waals surface area (Å²) in [5.74, 6) is 1.24. The van der Waals surface area contributed by atoms with Crippen LogP contribution in [0.2, 0.25) is 0 Å². The van der Waals surface area contributed by atoms with Gasteiger partial charge in [-0.1, -0.05) is 32.9 Å². The summed E-state index contributed by atoms with van der Waals surface area (Å²) in [6, 6.07) is 6.75. The summed E-state index contributed by atoms with van der Waals surface area (Å²) in [5, 5.41) is 12.5. The highest BCUT2D eigenvalue weighted by Crippen LogP contribution is 2.27. The van der Waals surface area contributed by atoms with E-state index in [9.17, 15) is 4.39 Å². The molecule has 1 aliphatic rings. The third-order valence-electron chi connectivity index (χ3n) is 5.09. The maximum absolute atomic E-state index is 13.2. The molecule has 26 heavy (non-hydrogen) atoms. The highest BCUT2D eigenvalue weighted by Gasteiger charge is 2.29. The molecule has 1 aromatic heterocycles. The lowest BCUT2D eigenvalue weighted by atomic mass is 10.0. The molecular formula is C19H29FN6. The Hall–Kier alpha value is -1.86. The molecule has 0 N–H and O–H groups in total. The summed E-state index contributed by atoms with van der Waals surface area (Å²) in [4.78, 5) is 4.99. The smallest absolute Gasteiger partial charge is 0.168 e. The number of piperazine rings is 1. The second-order valence-electron chi connectivity index (χ2n) is 7.44. The largest absolute Gasteiger partial charge is 0.301 e. The number of rotatable bonds is 7. The van der Waals surface area contributed by atoms with Gasteiger partial charge in [0, 0.05) is 26.2 Å². The van der Waals surface area contributed by atoms with E-state index in [1.807, 2.05) is 4.68 Å². The summed E-state index contributed by atoms with van der Waals surface area (Å²) in [5.41, 5.74) is 0.999. The normalized spacial score (nSPS) is 17.7. The summed E-state index contributed by atoms with van der Waals surface area (Å²) < 4.78 is 15.0. The maximum Gasteiger partial charge on any atom is 0.168 e. The fraction of sp³-hybridized carbons (Fsp3) is 0.632. The van der Waals surface area contributed by atoms with Crippen molar-refractivity contribution in [2.24, 2.45) is 5.92 Å². The van der Waals surface area contributed by atoms with E-state index < -0.39 is 0 Å². The van der Waals surface area contributed by atoms with Crippen molar-refractivity contribution in [2.45, 2.75) is 39.8 Å². The fourth-order valence-corrected chi connectivity index (χ4v) is 3.58. The van der Waals surface area contributed by atoms with E-state index in [-0.39, 0.29) is 11.9 Å². The maximum atomic E-state index is 13.2. The van der Waals surface area contributed by atoms with Gasteiger partial charge in [0.15, 0.2) is 5.82 Å². The van der Waals surface area contributed by atoms with Crippen molar-refractivity contribution in [1.82, 2.24) is 30.0 Å². The van der Waals surface area contributed by atoms with Crippen LogP contribution in [-0.2, 0) is 6.54 Å². The molecule has 1 unspecified atom stereocenters. The van der Waals surface area contributed by atoms with Crippen LogP contribution in [0.15, 0.2) is 24.3 Å². The van der Waals surface area contributed by atoms with Gasteiger partial charge >= 0.3 is 0 Å². The van der Waals surface area contributed by atoms with Crippen LogP contribution in [0.3, 0.4) is 0 Å². The zero-order valence-electron chi connectivity index (χ0n) is 16.0. The van der Waals surface area contributed by atoms with E-state index in [1.54, 1.807) is 12.1 Å². The number of likely N-dealkylation sites (N-methyl/N-ethyl adjacent to an activating group) is 1. The van der Waals surface area contributed by atoms with Crippen LogP contribution in [0.5, 0.6) is 0 Å². The molecule has 0 bridgehead atoms. The minimum absolute atomic E-state index is 0.212. The van der Waals surface area contributed by atoms with Gasteiger partial charge in [-0.05, 0) is 47.0 Å². The predicted octanol–water partition coefficient (Wildman–Crippen LogP) is 2.59. The Morgan fingerprint density at radius 2 is 1.77 bits per heavy atom. The van der Waals surface area contributed by atoms with E-state index >= 15 is 0 Å². The van der Waals surface area contributed by atoms with E-state index in [0.717, 1.165) is 50.5 Å². The molecule has 7 heteroatoms. The number of tetrazole rings is 1. The number of benzene rings is 1. The average Bonchev–Trinajstić information content (AvgIpc) is 3.09. The highest BCUT2D eigenvalue weighted by atomic mass is 19.1. The zero-order valence-corrected chi connectivity index (χ0v) is 16.0. The van der Waals surface area contributed by atoms with Crippen LogP contribution in [0, 0.1) is 11.7 Å². The molecule has 0 spiro atoms. The SMILES string of the molecule is CCN1CCN(C(CC(C)C)c2nnnn2Cc2ccc(F)cc2)CC1. The minimum atomic E-state index is -0.225. The minimum Gasteiger partial charge on any atom is -0.301 e. The lowest BCUT2D eigenvalue weighted by Crippen LogP contribution is -2.48. The third-order valence-corrected chi connectivity index (χ3v) is 5.09. The Morgan fingerprint density at radius 1 is 1.08 bits per heavy atom. The van der Waals surface area contributed by atoms with Crippen molar-refractivity contribution in [3.8, 4) is 0 Å². The monoisotopic (exact) mass is 360 g/mol. The van der Waals surface area contributed by atoms with E-state index in [4.69, 9.17) is 0 Å². The summed E-state index contributed by atoms with van der Waals surface area (Å²) in [6.07, 6.45) is 1.02. The number of hydrogen-bond donors (Lipinski definition) is 0. The molecule has 0 amide bonds. The Bertz CT molecular complexity index is 676. The second-order valence-corrected chi connectivity index (χ2v) is 7.44. The summed E-state index contributed by atoms with van der Waals surface area (Å²) >= 11 is 0. The van der Waals surface area contributed by atoms with E-state index in [0.29, 0.717) is 12.5 Å². The Morgan fingerprint density at radius 3 is 2.38 bits per heavy atom. The van der Waals surface area contributed by atoms with Crippen molar-refractivity contribution in [1.29, 1.82) is 0 Å². The number of halogens is 1. The summed E-state index contributed by atoms with van der Waals surface area (Å²) in [6.45, 7) is 12.6. The zero-order chi connectivity index (χ0) is 18.5. The van der Waals surface area contributed by atoms with Crippen LogP contribution in [0.25, 0.3) is 0 Å². The molecule has 0 saturated carbocycles. The average molecular weight is 360 g/mol. The van der Waals surface area contributed by atoms with Gasteiger partial charge in [0.05, 0.1) is 12.6 Å². The molecule has 1 aliphatic heterocycles. The third kappa shape index (κ3) is 4.65. The van der Waals surface area contributed by atoms with Crippen LogP contribution < -0.4 is 0 Å². The van der Waals surface area contributed by atoms with E-state index in [1.165, 1.54) is 12.1 Å². The molecule has 1 fully saturated rings. The van der Waals surface area contributed by atoms with Gasteiger partial charge < -0.3 is 4.90 Å². The lowest BCUT2D eigenvalue weighted by molar-refractivity contribution is 0.0834. The Balaban J connectivity index is 1.79. The quantitative estimate of drug-likeness (QED) is 0.760. The first-order chi connectivity index (χ1) is 12.6. The summed E-state index contributed by atoms with van der Waals surface area (Å²) in [7, 11) is 0. The molecule has 0 aliphatic carbocycles. The Kier molecular flexibility index (Phi) is 6.32. The van der Waals surface area contributed by atoms with Crippen LogP contribution in [-0.4, -0.2) is 62.7 Å². The molecule has 2 heterocycles. The second kappa shape index (κ2) is 8.68. The number of nitrogens with zero attached hydrogens (tertiary/aromatic N) is 6. The van der Waals surface area contributed by atoms with Gasteiger partial charge in [-0.3, -0.25) is 4.90 Å². The topological polar surface area (TPSA) is 50.1 Å². The molecule has 2 aromatic rings. The highest BCUT2D eigenvalue weighted by molar-refractivity contribution is 5.16. The van der Waals surface area contributed by atoms with Gasteiger partial charge in [-0.25, -0.2) is 9.07 Å². The fourth-order valence-electron chi connectivity index (χ4n) is 3.58. The van der Waals surface area contributed by atoms with E-state index in [2.05, 4.69) is 46.1 Å². The van der Waals surface area contributed by atoms with Gasteiger partial charge in [0.2, 0.25) is 0 Å². The van der Waals surface area contributed by atoms with Crippen molar-refractivity contribution >= 4 is 0 Å². The first-order valence-corrected chi connectivity index (χ1v) is 9.53. The molecule has 3 rings (SSSR count). The first kappa shape index (κ1) is 18.9. The van der Waals surface area contributed by atoms with Crippen molar-refractivity contribution in [3.63, 3.8) is 0 Å². The first-order valence-electron chi connectivity index (χ1n) is 9.53. The lowest BCUT2D eigenvalue weighted by Gasteiger charge is -2.39. The van der Waals surface area contributed by atoms with Gasteiger partial charge in [0.25, 0.3) is 0 Å². The van der Waals surface area contributed by atoms with Crippen LogP contribution >= 0.6 is 0 Å². The van der Waals surface area contributed by atoms with Crippen molar-refractivity contribution in [2.75, 3.05) is 32.7 Å². The predicted molar refractivity (Wildman–Crippen MR) is 99.2 cm³/mol. The van der Waals surface area contributed by atoms with Crippen LogP contribution in [0.4, 0.5) is 4.39 Å². The van der Waals surface area contributed by atoms with Crippen molar-refractivity contribution < 1.29 is 4.39 Å². The molecule has 0 radical (unpaired) electrons. The molecule has 1 atom stereocenters. The molecule has 1 saturated heterocycles.